The van der Waals surface area contributed by atoms with Gasteiger partial charge in [0, 0.05) is 5.69 Å². The summed E-state index contributed by atoms with van der Waals surface area (Å²) in [5.74, 6) is -0.555. The Morgan fingerprint density at radius 1 is 1.19 bits per heavy atom. The highest BCUT2D eigenvalue weighted by molar-refractivity contribution is 5.98. The van der Waals surface area contributed by atoms with Crippen molar-refractivity contribution in [3.05, 3.63) is 65.5 Å². The maximum Gasteiger partial charge on any atom is 0.234 e. The molecule has 0 aliphatic heterocycles. The monoisotopic (exact) mass is 282 g/mol. The SMILES string of the molecule is CC(C)(C(=O)Nc1cccc(C#N)c1)c1ccc(F)cc1. The predicted molar refractivity (Wildman–Crippen MR) is 79.2 cm³/mol. The first-order valence-electron chi connectivity index (χ1n) is 6.51. The molecule has 0 fully saturated rings. The van der Waals surface area contributed by atoms with E-state index in [9.17, 15) is 9.18 Å². The maximum atomic E-state index is 13.0. The number of halogens is 1. The Kier molecular flexibility index (Phi) is 4.04. The van der Waals surface area contributed by atoms with Crippen LogP contribution in [0.4, 0.5) is 10.1 Å². The summed E-state index contributed by atoms with van der Waals surface area (Å²) >= 11 is 0. The van der Waals surface area contributed by atoms with Crippen molar-refractivity contribution < 1.29 is 9.18 Å². The third kappa shape index (κ3) is 3.26. The molecule has 0 spiro atoms. The molecule has 1 N–H and O–H groups in total. The highest BCUT2D eigenvalue weighted by atomic mass is 19.1. The van der Waals surface area contributed by atoms with Gasteiger partial charge in [0.05, 0.1) is 17.0 Å². The van der Waals surface area contributed by atoms with Crippen molar-refractivity contribution in [2.75, 3.05) is 5.32 Å². The summed E-state index contributed by atoms with van der Waals surface area (Å²) in [6.45, 7) is 3.54. The molecule has 0 aliphatic rings. The first-order chi connectivity index (χ1) is 9.93. The quantitative estimate of drug-likeness (QED) is 0.934. The molecule has 21 heavy (non-hydrogen) atoms. The molecule has 0 aliphatic carbocycles. The van der Waals surface area contributed by atoms with Gasteiger partial charge in [0.25, 0.3) is 0 Å². The molecule has 0 unspecified atom stereocenters. The van der Waals surface area contributed by atoms with E-state index < -0.39 is 5.41 Å². The van der Waals surface area contributed by atoms with Crippen LogP contribution in [0.2, 0.25) is 0 Å². The van der Waals surface area contributed by atoms with Crippen LogP contribution in [0.15, 0.2) is 48.5 Å². The van der Waals surface area contributed by atoms with Gasteiger partial charge in [-0.1, -0.05) is 18.2 Å². The Bertz CT molecular complexity index is 699. The van der Waals surface area contributed by atoms with Crippen molar-refractivity contribution in [3.63, 3.8) is 0 Å². The smallest absolute Gasteiger partial charge is 0.234 e. The van der Waals surface area contributed by atoms with Crippen LogP contribution >= 0.6 is 0 Å². The number of anilines is 1. The molecule has 0 radical (unpaired) electrons. The minimum atomic E-state index is -0.809. The van der Waals surface area contributed by atoms with Gasteiger partial charge in [0.15, 0.2) is 0 Å². The normalized spacial score (nSPS) is 10.8. The zero-order valence-electron chi connectivity index (χ0n) is 11.9. The highest BCUT2D eigenvalue weighted by Crippen LogP contribution is 2.25. The van der Waals surface area contributed by atoms with Gasteiger partial charge in [0.1, 0.15) is 5.82 Å². The number of nitriles is 1. The number of hydrogen-bond acceptors (Lipinski definition) is 2. The molecule has 2 aromatic rings. The van der Waals surface area contributed by atoms with Crippen molar-refractivity contribution in [3.8, 4) is 6.07 Å². The van der Waals surface area contributed by atoms with Crippen LogP contribution in [0.5, 0.6) is 0 Å². The van der Waals surface area contributed by atoms with Gasteiger partial charge < -0.3 is 5.32 Å². The lowest BCUT2D eigenvalue weighted by molar-refractivity contribution is -0.120. The van der Waals surface area contributed by atoms with E-state index in [0.29, 0.717) is 11.3 Å². The zero-order chi connectivity index (χ0) is 15.5. The van der Waals surface area contributed by atoms with Gasteiger partial charge in [-0.05, 0) is 49.7 Å². The number of hydrogen-bond donors (Lipinski definition) is 1. The summed E-state index contributed by atoms with van der Waals surface area (Å²) < 4.78 is 13.0. The lowest BCUT2D eigenvalue weighted by atomic mass is 9.83. The molecule has 0 saturated heterocycles. The van der Waals surface area contributed by atoms with E-state index in [-0.39, 0.29) is 11.7 Å². The standard InChI is InChI=1S/C17H15FN2O/c1-17(2,13-6-8-14(18)9-7-13)16(21)20-15-5-3-4-12(10-15)11-19/h3-10H,1-2H3,(H,20,21). The summed E-state index contributed by atoms with van der Waals surface area (Å²) in [5.41, 5.74) is 0.954. The summed E-state index contributed by atoms with van der Waals surface area (Å²) in [4.78, 5) is 12.4. The molecule has 0 aromatic heterocycles. The van der Waals surface area contributed by atoms with E-state index in [0.717, 1.165) is 5.56 Å². The second-order valence-corrected chi connectivity index (χ2v) is 5.28. The fourth-order valence-corrected chi connectivity index (χ4v) is 1.95. The number of benzene rings is 2. The largest absolute Gasteiger partial charge is 0.325 e. The topological polar surface area (TPSA) is 52.9 Å². The summed E-state index contributed by atoms with van der Waals surface area (Å²) in [6.07, 6.45) is 0. The van der Waals surface area contributed by atoms with Crippen molar-refractivity contribution in [1.29, 1.82) is 5.26 Å². The van der Waals surface area contributed by atoms with Crippen LogP contribution in [0.25, 0.3) is 0 Å². The Balaban J connectivity index is 2.22. The molecule has 2 aromatic carbocycles. The van der Waals surface area contributed by atoms with Gasteiger partial charge in [-0.2, -0.15) is 5.26 Å². The number of amides is 1. The molecule has 0 saturated carbocycles. The predicted octanol–water partition coefficient (Wildman–Crippen LogP) is 3.61. The number of nitrogens with one attached hydrogen (secondary N) is 1. The first kappa shape index (κ1) is 14.7. The Hall–Kier alpha value is -2.67. The van der Waals surface area contributed by atoms with Crippen molar-refractivity contribution in [1.82, 2.24) is 0 Å². The molecular weight excluding hydrogens is 267 g/mol. The van der Waals surface area contributed by atoms with Crippen molar-refractivity contribution in [2.45, 2.75) is 19.3 Å². The molecule has 4 heteroatoms. The van der Waals surface area contributed by atoms with Crippen molar-refractivity contribution >= 4 is 11.6 Å². The molecule has 0 heterocycles. The molecule has 0 atom stereocenters. The fraction of sp³-hybridized carbons (Fsp3) is 0.176. The van der Waals surface area contributed by atoms with E-state index in [1.54, 1.807) is 50.2 Å². The minimum absolute atomic E-state index is 0.218. The Labute approximate surface area is 123 Å². The molecule has 106 valence electrons. The van der Waals surface area contributed by atoms with Crippen LogP contribution in [-0.2, 0) is 10.2 Å². The number of carbonyl (C=O) groups is 1. The molecule has 0 bridgehead atoms. The minimum Gasteiger partial charge on any atom is -0.325 e. The Morgan fingerprint density at radius 2 is 1.86 bits per heavy atom. The molecular formula is C17H15FN2O. The third-order valence-electron chi connectivity index (χ3n) is 3.38. The van der Waals surface area contributed by atoms with E-state index in [2.05, 4.69) is 5.32 Å². The van der Waals surface area contributed by atoms with Gasteiger partial charge >= 0.3 is 0 Å². The van der Waals surface area contributed by atoms with Gasteiger partial charge in [-0.15, -0.1) is 0 Å². The number of nitrogens with zero attached hydrogens (tertiary/aromatic N) is 1. The van der Waals surface area contributed by atoms with Crippen LogP contribution in [-0.4, -0.2) is 5.91 Å². The fourth-order valence-electron chi connectivity index (χ4n) is 1.95. The van der Waals surface area contributed by atoms with Crippen LogP contribution in [0.1, 0.15) is 25.0 Å². The lowest BCUT2D eigenvalue weighted by Crippen LogP contribution is -2.34. The maximum absolute atomic E-state index is 13.0. The number of rotatable bonds is 3. The summed E-state index contributed by atoms with van der Waals surface area (Å²) in [7, 11) is 0. The van der Waals surface area contributed by atoms with Gasteiger partial charge in [-0.3, -0.25) is 4.79 Å². The lowest BCUT2D eigenvalue weighted by Gasteiger charge is -2.24. The highest BCUT2D eigenvalue weighted by Gasteiger charge is 2.29. The van der Waals surface area contributed by atoms with Crippen LogP contribution in [0.3, 0.4) is 0 Å². The Morgan fingerprint density at radius 3 is 2.48 bits per heavy atom. The van der Waals surface area contributed by atoms with E-state index in [1.807, 2.05) is 6.07 Å². The van der Waals surface area contributed by atoms with Crippen molar-refractivity contribution in [2.24, 2.45) is 0 Å². The van der Waals surface area contributed by atoms with Crippen LogP contribution in [0, 0.1) is 17.1 Å². The van der Waals surface area contributed by atoms with E-state index in [4.69, 9.17) is 5.26 Å². The van der Waals surface area contributed by atoms with E-state index >= 15 is 0 Å². The molecule has 2 rings (SSSR count). The molecule has 3 nitrogen and oxygen atoms in total. The zero-order valence-corrected chi connectivity index (χ0v) is 11.9. The first-order valence-corrected chi connectivity index (χ1v) is 6.51. The summed E-state index contributed by atoms with van der Waals surface area (Å²) in [5, 5.41) is 11.6. The van der Waals surface area contributed by atoms with Gasteiger partial charge in [0.2, 0.25) is 5.91 Å². The van der Waals surface area contributed by atoms with Gasteiger partial charge in [-0.25, -0.2) is 4.39 Å². The second-order valence-electron chi connectivity index (χ2n) is 5.28. The second kappa shape index (κ2) is 5.76. The molecule has 1 amide bonds. The third-order valence-corrected chi connectivity index (χ3v) is 3.38. The average molecular weight is 282 g/mol. The summed E-state index contributed by atoms with van der Waals surface area (Å²) in [6, 6.07) is 14.6. The average Bonchev–Trinajstić information content (AvgIpc) is 2.48. The number of carbonyl (C=O) groups excluding carboxylic acids is 1. The van der Waals surface area contributed by atoms with Crippen LogP contribution < -0.4 is 5.32 Å². The van der Waals surface area contributed by atoms with E-state index in [1.165, 1.54) is 12.1 Å².